The van der Waals surface area contributed by atoms with Gasteiger partial charge in [0.1, 0.15) is 17.1 Å². The zero-order valence-corrected chi connectivity index (χ0v) is 11.0. The number of nitrogens with zero attached hydrogens (tertiary/aromatic N) is 3. The molecule has 1 fully saturated rings. The van der Waals surface area contributed by atoms with Gasteiger partial charge in [-0.3, -0.25) is 0 Å². The molecule has 4 heteroatoms. The summed E-state index contributed by atoms with van der Waals surface area (Å²) in [6, 6.07) is 0.595. The van der Waals surface area contributed by atoms with Crippen molar-refractivity contribution in [3.8, 4) is 0 Å². The van der Waals surface area contributed by atoms with Crippen molar-refractivity contribution in [3.63, 3.8) is 0 Å². The molecule has 2 heterocycles. The SMILES string of the molecule is Cc1c(C)n(C2CCCC2)c2ncnc(Cl)c12. The van der Waals surface area contributed by atoms with E-state index >= 15 is 0 Å². The Labute approximate surface area is 106 Å². The van der Waals surface area contributed by atoms with Gasteiger partial charge in [0.25, 0.3) is 0 Å². The fourth-order valence-electron chi connectivity index (χ4n) is 2.99. The fraction of sp³-hybridized carbons (Fsp3) is 0.538. The summed E-state index contributed by atoms with van der Waals surface area (Å²) in [4.78, 5) is 8.53. The largest absolute Gasteiger partial charge is 0.326 e. The van der Waals surface area contributed by atoms with Crippen LogP contribution >= 0.6 is 11.6 Å². The molecule has 1 aliphatic rings. The topological polar surface area (TPSA) is 30.7 Å². The summed E-state index contributed by atoms with van der Waals surface area (Å²) < 4.78 is 2.37. The number of rotatable bonds is 1. The Balaban J connectivity index is 2.30. The summed E-state index contributed by atoms with van der Waals surface area (Å²) in [7, 11) is 0. The van der Waals surface area contributed by atoms with Crippen LogP contribution in [0.3, 0.4) is 0 Å². The minimum atomic E-state index is 0.576. The monoisotopic (exact) mass is 249 g/mol. The summed E-state index contributed by atoms with van der Waals surface area (Å²) in [6.45, 7) is 4.27. The number of aryl methyl sites for hydroxylation is 1. The number of fused-ring (bicyclic) bond motifs is 1. The maximum absolute atomic E-state index is 6.19. The lowest BCUT2D eigenvalue weighted by Crippen LogP contribution is -2.07. The number of hydrogen-bond acceptors (Lipinski definition) is 2. The molecule has 1 saturated carbocycles. The Bertz CT molecular complexity index is 568. The quantitative estimate of drug-likeness (QED) is 0.720. The first-order valence-corrected chi connectivity index (χ1v) is 6.55. The summed E-state index contributed by atoms with van der Waals surface area (Å²) in [5.41, 5.74) is 3.51. The minimum Gasteiger partial charge on any atom is -0.326 e. The van der Waals surface area contributed by atoms with E-state index in [1.165, 1.54) is 36.9 Å². The third kappa shape index (κ3) is 1.56. The minimum absolute atomic E-state index is 0.576. The summed E-state index contributed by atoms with van der Waals surface area (Å²) >= 11 is 6.19. The van der Waals surface area contributed by atoms with Gasteiger partial charge in [0.2, 0.25) is 0 Å². The molecule has 0 amide bonds. The van der Waals surface area contributed by atoms with E-state index in [1.54, 1.807) is 6.33 Å². The molecule has 2 aromatic rings. The third-order valence-electron chi connectivity index (χ3n) is 3.98. The van der Waals surface area contributed by atoms with Gasteiger partial charge in [-0.15, -0.1) is 0 Å². The van der Waals surface area contributed by atoms with E-state index in [0.29, 0.717) is 11.2 Å². The van der Waals surface area contributed by atoms with Gasteiger partial charge in [-0.1, -0.05) is 24.4 Å². The first-order chi connectivity index (χ1) is 8.20. The molecule has 0 N–H and O–H groups in total. The van der Waals surface area contributed by atoms with Crippen molar-refractivity contribution in [2.45, 2.75) is 45.6 Å². The van der Waals surface area contributed by atoms with Crippen molar-refractivity contribution in [2.24, 2.45) is 0 Å². The predicted octanol–water partition coefficient (Wildman–Crippen LogP) is 3.82. The summed E-state index contributed by atoms with van der Waals surface area (Å²) in [6.07, 6.45) is 6.72. The average Bonchev–Trinajstić information content (AvgIpc) is 2.89. The highest BCUT2D eigenvalue weighted by Gasteiger charge is 2.23. The van der Waals surface area contributed by atoms with E-state index < -0.39 is 0 Å². The summed E-state index contributed by atoms with van der Waals surface area (Å²) in [5, 5.41) is 1.60. The first-order valence-electron chi connectivity index (χ1n) is 6.17. The molecule has 0 bridgehead atoms. The molecule has 0 radical (unpaired) electrons. The Morgan fingerprint density at radius 3 is 2.65 bits per heavy atom. The van der Waals surface area contributed by atoms with E-state index in [1.807, 2.05) is 0 Å². The fourth-order valence-corrected chi connectivity index (χ4v) is 3.26. The second-order valence-corrected chi connectivity index (χ2v) is 5.24. The molecule has 0 aliphatic heterocycles. The maximum atomic E-state index is 6.19. The number of halogens is 1. The summed E-state index contributed by atoms with van der Waals surface area (Å²) in [5.74, 6) is 0. The van der Waals surface area contributed by atoms with E-state index in [9.17, 15) is 0 Å². The molecule has 17 heavy (non-hydrogen) atoms. The molecule has 2 aromatic heterocycles. The lowest BCUT2D eigenvalue weighted by atomic mass is 10.2. The molecule has 3 nitrogen and oxygen atoms in total. The van der Waals surface area contributed by atoms with Crippen LogP contribution in [-0.2, 0) is 0 Å². The number of hydrogen-bond donors (Lipinski definition) is 0. The molecule has 0 atom stereocenters. The average molecular weight is 250 g/mol. The van der Waals surface area contributed by atoms with E-state index in [-0.39, 0.29) is 0 Å². The van der Waals surface area contributed by atoms with Crippen LogP contribution in [0.1, 0.15) is 43.0 Å². The Morgan fingerprint density at radius 1 is 1.24 bits per heavy atom. The van der Waals surface area contributed by atoms with Crippen LogP contribution in [0.15, 0.2) is 6.33 Å². The van der Waals surface area contributed by atoms with Gasteiger partial charge in [-0.25, -0.2) is 9.97 Å². The lowest BCUT2D eigenvalue weighted by Gasteiger charge is -2.15. The molecule has 90 valence electrons. The smallest absolute Gasteiger partial charge is 0.145 e. The molecule has 0 saturated heterocycles. The van der Waals surface area contributed by atoms with Gasteiger partial charge in [-0.05, 0) is 32.3 Å². The van der Waals surface area contributed by atoms with Crippen LogP contribution in [0.5, 0.6) is 0 Å². The van der Waals surface area contributed by atoms with Gasteiger partial charge < -0.3 is 4.57 Å². The second-order valence-electron chi connectivity index (χ2n) is 4.88. The van der Waals surface area contributed by atoms with Crippen LogP contribution in [0.25, 0.3) is 11.0 Å². The Kier molecular flexibility index (Phi) is 2.58. The van der Waals surface area contributed by atoms with E-state index in [0.717, 1.165) is 11.0 Å². The molecule has 0 unspecified atom stereocenters. The Morgan fingerprint density at radius 2 is 1.94 bits per heavy atom. The van der Waals surface area contributed by atoms with Gasteiger partial charge in [0.05, 0.1) is 5.39 Å². The van der Waals surface area contributed by atoms with Crippen LogP contribution in [0.4, 0.5) is 0 Å². The Hall–Kier alpha value is -1.09. The maximum Gasteiger partial charge on any atom is 0.145 e. The zero-order chi connectivity index (χ0) is 12.0. The first kappa shape index (κ1) is 11.0. The van der Waals surface area contributed by atoms with Crippen molar-refractivity contribution < 1.29 is 0 Å². The van der Waals surface area contributed by atoms with Gasteiger partial charge >= 0.3 is 0 Å². The predicted molar refractivity (Wildman–Crippen MR) is 69.5 cm³/mol. The van der Waals surface area contributed by atoms with Gasteiger partial charge in [0, 0.05) is 11.7 Å². The molecule has 1 aliphatic carbocycles. The van der Waals surface area contributed by atoms with Crippen molar-refractivity contribution >= 4 is 22.6 Å². The highest BCUT2D eigenvalue weighted by molar-refractivity contribution is 6.34. The third-order valence-corrected chi connectivity index (χ3v) is 4.26. The van der Waals surface area contributed by atoms with Crippen molar-refractivity contribution in [1.29, 1.82) is 0 Å². The van der Waals surface area contributed by atoms with Crippen molar-refractivity contribution in [3.05, 3.63) is 22.7 Å². The molecular formula is C13H16ClN3. The van der Waals surface area contributed by atoms with Crippen molar-refractivity contribution in [2.75, 3.05) is 0 Å². The van der Waals surface area contributed by atoms with Gasteiger partial charge in [0.15, 0.2) is 0 Å². The highest BCUT2D eigenvalue weighted by atomic mass is 35.5. The number of aromatic nitrogens is 3. The second kappa shape index (κ2) is 3.98. The van der Waals surface area contributed by atoms with Crippen LogP contribution in [0.2, 0.25) is 5.15 Å². The van der Waals surface area contributed by atoms with Gasteiger partial charge in [-0.2, -0.15) is 0 Å². The van der Waals surface area contributed by atoms with Crippen molar-refractivity contribution in [1.82, 2.24) is 14.5 Å². The molecule has 0 aromatic carbocycles. The van der Waals surface area contributed by atoms with E-state index in [2.05, 4.69) is 28.4 Å². The standard InChI is InChI=1S/C13H16ClN3/c1-8-9(2)17(10-5-3-4-6-10)13-11(8)12(14)15-7-16-13/h7,10H,3-6H2,1-2H3. The highest BCUT2D eigenvalue weighted by Crippen LogP contribution is 2.37. The normalized spacial score (nSPS) is 17.1. The van der Waals surface area contributed by atoms with Crippen LogP contribution in [-0.4, -0.2) is 14.5 Å². The lowest BCUT2D eigenvalue weighted by molar-refractivity contribution is 0.521. The van der Waals surface area contributed by atoms with Crippen LogP contribution in [0, 0.1) is 13.8 Å². The molecule has 0 spiro atoms. The molecule has 3 rings (SSSR count). The zero-order valence-electron chi connectivity index (χ0n) is 10.2. The van der Waals surface area contributed by atoms with Crippen LogP contribution < -0.4 is 0 Å². The van der Waals surface area contributed by atoms with E-state index in [4.69, 9.17) is 11.6 Å². The molecular weight excluding hydrogens is 234 g/mol.